The van der Waals surface area contributed by atoms with Crippen LogP contribution in [0.15, 0.2) is 48.7 Å². The smallest absolute Gasteiger partial charge is 0.153 e. The number of halogens is 2. The van der Waals surface area contributed by atoms with Crippen LogP contribution in [0.1, 0.15) is 15.9 Å². The summed E-state index contributed by atoms with van der Waals surface area (Å²) in [6, 6.07) is 12.7. The molecule has 2 aromatic carbocycles. The van der Waals surface area contributed by atoms with E-state index in [2.05, 4.69) is 5.10 Å². The molecule has 0 saturated heterocycles. The molecule has 1 aromatic heterocycles. The summed E-state index contributed by atoms with van der Waals surface area (Å²) in [5.41, 5.74) is 2.86. The highest BCUT2D eigenvalue weighted by Gasteiger charge is 2.12. The molecule has 4 nitrogen and oxygen atoms in total. The van der Waals surface area contributed by atoms with Crippen molar-refractivity contribution in [1.29, 1.82) is 0 Å². The van der Waals surface area contributed by atoms with Gasteiger partial charge in [0.2, 0.25) is 0 Å². The lowest BCUT2D eigenvalue weighted by Crippen LogP contribution is -2.01. The van der Waals surface area contributed by atoms with Gasteiger partial charge in [-0.15, -0.1) is 0 Å². The Morgan fingerprint density at radius 3 is 2.54 bits per heavy atom. The predicted molar refractivity (Wildman–Crippen MR) is 95.2 cm³/mol. The molecule has 3 aromatic rings. The zero-order valence-electron chi connectivity index (χ0n) is 12.9. The number of carbonyl (C=O) groups is 1. The number of rotatable bonds is 5. The first kappa shape index (κ1) is 16.6. The minimum absolute atomic E-state index is 0.451. The van der Waals surface area contributed by atoms with Gasteiger partial charge in [0.15, 0.2) is 6.29 Å². The number of ether oxygens (including phenoxy) is 1. The maximum Gasteiger partial charge on any atom is 0.153 e. The molecule has 0 bridgehead atoms. The molecule has 0 saturated carbocycles. The molecule has 24 heavy (non-hydrogen) atoms. The maximum atomic E-state index is 11.4. The normalized spacial score (nSPS) is 10.6. The first-order valence-corrected chi connectivity index (χ1v) is 7.97. The van der Waals surface area contributed by atoms with Crippen molar-refractivity contribution in [3.05, 3.63) is 69.8 Å². The first-order valence-electron chi connectivity index (χ1n) is 7.21. The molecular formula is C18H14Cl2N2O2. The minimum atomic E-state index is 0.451. The lowest BCUT2D eigenvalue weighted by Gasteiger charge is -2.05. The van der Waals surface area contributed by atoms with E-state index in [1.165, 1.54) is 0 Å². The van der Waals surface area contributed by atoms with Gasteiger partial charge in [-0.1, -0.05) is 29.3 Å². The number of aldehydes is 1. The summed E-state index contributed by atoms with van der Waals surface area (Å²) in [7, 11) is 1.61. The van der Waals surface area contributed by atoms with Crippen molar-refractivity contribution in [2.24, 2.45) is 0 Å². The highest BCUT2D eigenvalue weighted by Crippen LogP contribution is 2.25. The standard InChI is InChI=1S/C18H14Cl2N2O2/c1-24-16-6-3-12(4-7-16)18-14(11-23)10-22(21-18)9-13-2-5-15(19)8-17(13)20/h2-8,10-11H,9H2,1H3. The zero-order valence-corrected chi connectivity index (χ0v) is 14.4. The van der Waals surface area contributed by atoms with E-state index < -0.39 is 0 Å². The topological polar surface area (TPSA) is 44.1 Å². The van der Waals surface area contributed by atoms with Crippen molar-refractivity contribution in [3.8, 4) is 17.0 Å². The van der Waals surface area contributed by atoms with E-state index >= 15 is 0 Å². The van der Waals surface area contributed by atoms with Crippen LogP contribution < -0.4 is 4.74 Å². The Morgan fingerprint density at radius 1 is 1.17 bits per heavy atom. The van der Waals surface area contributed by atoms with E-state index in [0.29, 0.717) is 27.8 Å². The van der Waals surface area contributed by atoms with Gasteiger partial charge in [-0.25, -0.2) is 0 Å². The van der Waals surface area contributed by atoms with Gasteiger partial charge in [-0.3, -0.25) is 9.48 Å². The van der Waals surface area contributed by atoms with Crippen molar-refractivity contribution < 1.29 is 9.53 Å². The molecular weight excluding hydrogens is 347 g/mol. The van der Waals surface area contributed by atoms with Crippen LogP contribution in [-0.4, -0.2) is 23.2 Å². The second-order valence-electron chi connectivity index (χ2n) is 5.21. The molecule has 0 N–H and O–H groups in total. The van der Waals surface area contributed by atoms with Crippen LogP contribution in [-0.2, 0) is 6.54 Å². The number of nitrogens with zero attached hydrogens (tertiary/aromatic N) is 2. The van der Waals surface area contributed by atoms with Gasteiger partial charge >= 0.3 is 0 Å². The quantitative estimate of drug-likeness (QED) is 0.618. The minimum Gasteiger partial charge on any atom is -0.497 e. The van der Waals surface area contributed by atoms with Crippen LogP contribution in [0, 0.1) is 0 Å². The van der Waals surface area contributed by atoms with Crippen molar-refractivity contribution >= 4 is 29.5 Å². The van der Waals surface area contributed by atoms with Gasteiger partial charge in [0.05, 0.1) is 19.2 Å². The lowest BCUT2D eigenvalue weighted by molar-refractivity contribution is 0.112. The second kappa shape index (κ2) is 7.07. The fourth-order valence-electron chi connectivity index (χ4n) is 2.40. The molecule has 0 spiro atoms. The Balaban J connectivity index is 1.93. The molecule has 0 atom stereocenters. The Hall–Kier alpha value is -2.30. The number of aromatic nitrogens is 2. The van der Waals surface area contributed by atoms with Crippen LogP contribution >= 0.6 is 23.2 Å². The third-order valence-electron chi connectivity index (χ3n) is 3.63. The van der Waals surface area contributed by atoms with E-state index in [9.17, 15) is 4.79 Å². The van der Waals surface area contributed by atoms with Gasteiger partial charge < -0.3 is 4.74 Å². The summed E-state index contributed by atoms with van der Waals surface area (Å²) in [6.45, 7) is 0.451. The monoisotopic (exact) mass is 360 g/mol. The number of methoxy groups -OCH3 is 1. The van der Waals surface area contributed by atoms with Crippen LogP contribution in [0.3, 0.4) is 0 Å². The number of carbonyl (C=O) groups excluding carboxylic acids is 1. The van der Waals surface area contributed by atoms with Crippen LogP contribution in [0.4, 0.5) is 0 Å². The summed E-state index contributed by atoms with van der Waals surface area (Å²) in [6.07, 6.45) is 2.50. The summed E-state index contributed by atoms with van der Waals surface area (Å²) in [5.74, 6) is 0.749. The molecule has 0 aliphatic heterocycles. The number of hydrogen-bond acceptors (Lipinski definition) is 3. The molecule has 0 radical (unpaired) electrons. The molecule has 0 amide bonds. The zero-order chi connectivity index (χ0) is 17.1. The fraction of sp³-hybridized carbons (Fsp3) is 0.111. The summed E-state index contributed by atoms with van der Waals surface area (Å²) in [5, 5.41) is 5.67. The van der Waals surface area contributed by atoms with Gasteiger partial charge in [0.1, 0.15) is 11.4 Å². The molecule has 6 heteroatoms. The molecule has 0 aliphatic carbocycles. The van der Waals surface area contributed by atoms with E-state index in [1.807, 2.05) is 30.3 Å². The van der Waals surface area contributed by atoms with E-state index in [1.54, 1.807) is 30.1 Å². The second-order valence-corrected chi connectivity index (χ2v) is 6.06. The summed E-state index contributed by atoms with van der Waals surface area (Å²) >= 11 is 12.1. The van der Waals surface area contributed by atoms with E-state index in [4.69, 9.17) is 27.9 Å². The molecule has 0 aliphatic rings. The molecule has 3 rings (SSSR count). The number of hydrogen-bond donors (Lipinski definition) is 0. The Labute approximate surface area is 149 Å². The molecule has 0 unspecified atom stereocenters. The Bertz CT molecular complexity index is 873. The van der Waals surface area contributed by atoms with Gasteiger partial charge in [-0.2, -0.15) is 5.10 Å². The van der Waals surface area contributed by atoms with Crippen molar-refractivity contribution in [2.45, 2.75) is 6.54 Å². The highest BCUT2D eigenvalue weighted by atomic mass is 35.5. The summed E-state index contributed by atoms with van der Waals surface area (Å²) in [4.78, 5) is 11.4. The number of benzene rings is 2. The average molecular weight is 361 g/mol. The molecule has 1 heterocycles. The highest BCUT2D eigenvalue weighted by molar-refractivity contribution is 6.35. The lowest BCUT2D eigenvalue weighted by atomic mass is 10.1. The SMILES string of the molecule is COc1ccc(-c2nn(Cc3ccc(Cl)cc3Cl)cc2C=O)cc1. The Kier molecular flexibility index (Phi) is 4.88. The van der Waals surface area contributed by atoms with Crippen molar-refractivity contribution in [1.82, 2.24) is 9.78 Å². The molecule has 122 valence electrons. The van der Waals surface area contributed by atoms with Crippen LogP contribution in [0.5, 0.6) is 5.75 Å². The van der Waals surface area contributed by atoms with Gasteiger partial charge in [0.25, 0.3) is 0 Å². The van der Waals surface area contributed by atoms with Gasteiger partial charge in [0, 0.05) is 21.8 Å². The molecule has 0 fully saturated rings. The first-order chi connectivity index (χ1) is 11.6. The maximum absolute atomic E-state index is 11.4. The summed E-state index contributed by atoms with van der Waals surface area (Å²) < 4.78 is 6.84. The fourth-order valence-corrected chi connectivity index (χ4v) is 2.87. The van der Waals surface area contributed by atoms with E-state index in [-0.39, 0.29) is 0 Å². The van der Waals surface area contributed by atoms with Crippen molar-refractivity contribution in [2.75, 3.05) is 7.11 Å². The third kappa shape index (κ3) is 3.45. The largest absolute Gasteiger partial charge is 0.497 e. The van der Waals surface area contributed by atoms with E-state index in [0.717, 1.165) is 23.2 Å². The van der Waals surface area contributed by atoms with Crippen molar-refractivity contribution in [3.63, 3.8) is 0 Å². The van der Waals surface area contributed by atoms with Crippen LogP contribution in [0.25, 0.3) is 11.3 Å². The third-order valence-corrected chi connectivity index (χ3v) is 4.21. The predicted octanol–water partition coefficient (Wildman–Crippen LogP) is 4.73. The van der Waals surface area contributed by atoms with Gasteiger partial charge in [-0.05, 0) is 42.0 Å². The Morgan fingerprint density at radius 2 is 1.92 bits per heavy atom. The van der Waals surface area contributed by atoms with Crippen LogP contribution in [0.2, 0.25) is 10.0 Å². The average Bonchev–Trinajstić information content (AvgIpc) is 3.00.